The monoisotopic (exact) mass is 542 g/mol. The van der Waals surface area contributed by atoms with Gasteiger partial charge in [0.2, 0.25) is 17.7 Å². The topological polar surface area (TPSA) is 237 Å². The Morgan fingerprint density at radius 1 is 0.744 bits per heavy atom. The number of hydrogen-bond donors (Lipinski definition) is 8. The van der Waals surface area contributed by atoms with Crippen molar-refractivity contribution in [2.45, 2.75) is 63.7 Å². The summed E-state index contributed by atoms with van der Waals surface area (Å²) in [5, 5.41) is 17.5. The van der Waals surface area contributed by atoms with Gasteiger partial charge in [-0.05, 0) is 12.3 Å². The Bertz CT molecular complexity index is 1190. The first-order chi connectivity index (χ1) is 18.6. The molecule has 210 valence electrons. The van der Waals surface area contributed by atoms with Crippen LogP contribution < -0.4 is 21.7 Å². The number of hydrogen-bond acceptors (Lipinski definition) is 8. The minimum atomic E-state index is -1.28. The van der Waals surface area contributed by atoms with Crippen LogP contribution in [0.2, 0.25) is 0 Å². The van der Waals surface area contributed by atoms with Crippen LogP contribution in [0.25, 0.3) is 0 Å². The highest BCUT2D eigenvalue weighted by atomic mass is 16.4. The summed E-state index contributed by atoms with van der Waals surface area (Å²) in [4.78, 5) is 71.6. The van der Waals surface area contributed by atoms with E-state index in [1.165, 1.54) is 37.6 Å². The molecule has 4 atom stereocenters. The summed E-state index contributed by atoms with van der Waals surface area (Å²) < 4.78 is 0. The largest absolute Gasteiger partial charge is 0.480 e. The first kappa shape index (κ1) is 29.0. The molecule has 3 heterocycles. The SMILES string of the molecule is CC(C)CC(N)C(=O)NC(Cc1cnc[nH]1)C(=O)NC(Cc1cnc[nH]1)C(=O)NC(Cc1cnc[nH]1)C(=O)O. The predicted molar refractivity (Wildman–Crippen MR) is 138 cm³/mol. The minimum absolute atomic E-state index is 0.00838. The molecule has 0 bridgehead atoms. The molecule has 15 nitrogen and oxygen atoms in total. The molecular weight excluding hydrogens is 508 g/mol. The lowest BCUT2D eigenvalue weighted by molar-refractivity contribution is -0.142. The maximum Gasteiger partial charge on any atom is 0.326 e. The third kappa shape index (κ3) is 9.07. The van der Waals surface area contributed by atoms with Crippen LogP contribution in [0.15, 0.2) is 37.6 Å². The molecule has 0 saturated carbocycles. The molecule has 39 heavy (non-hydrogen) atoms. The van der Waals surface area contributed by atoms with E-state index in [4.69, 9.17) is 5.73 Å². The van der Waals surface area contributed by atoms with Gasteiger partial charge in [-0.1, -0.05) is 13.8 Å². The van der Waals surface area contributed by atoms with Gasteiger partial charge >= 0.3 is 5.97 Å². The molecule has 3 rings (SSSR count). The highest BCUT2D eigenvalue weighted by molar-refractivity contribution is 5.94. The molecule has 3 amide bonds. The molecule has 9 N–H and O–H groups in total. The molecule has 3 aromatic heterocycles. The summed E-state index contributed by atoms with van der Waals surface area (Å²) in [5.74, 6) is -2.99. The molecule has 0 aliphatic carbocycles. The lowest BCUT2D eigenvalue weighted by atomic mass is 10.0. The van der Waals surface area contributed by atoms with Crippen LogP contribution in [0.3, 0.4) is 0 Å². The quantitative estimate of drug-likeness (QED) is 0.115. The van der Waals surface area contributed by atoms with Crippen molar-refractivity contribution in [1.29, 1.82) is 0 Å². The number of H-pyrrole nitrogens is 3. The van der Waals surface area contributed by atoms with Crippen molar-refractivity contribution in [1.82, 2.24) is 45.9 Å². The average molecular weight is 543 g/mol. The Morgan fingerprint density at radius 3 is 1.49 bits per heavy atom. The van der Waals surface area contributed by atoms with Gasteiger partial charge < -0.3 is 41.7 Å². The number of carboxylic acid groups (broad SMARTS) is 1. The smallest absolute Gasteiger partial charge is 0.326 e. The maximum atomic E-state index is 13.4. The van der Waals surface area contributed by atoms with Gasteiger partial charge in [0.15, 0.2) is 0 Å². The predicted octanol–water partition coefficient (Wildman–Crippen LogP) is -1.20. The van der Waals surface area contributed by atoms with Crippen molar-refractivity contribution in [3.05, 3.63) is 54.7 Å². The number of rotatable bonds is 15. The number of nitrogens with one attached hydrogen (secondary N) is 6. The van der Waals surface area contributed by atoms with Crippen LogP contribution in [-0.4, -0.2) is 82.9 Å². The number of amides is 3. The lowest BCUT2D eigenvalue weighted by Crippen LogP contribution is -2.58. The van der Waals surface area contributed by atoms with Gasteiger partial charge in [0.05, 0.1) is 25.0 Å². The van der Waals surface area contributed by atoms with Gasteiger partial charge in [0.25, 0.3) is 0 Å². The lowest BCUT2D eigenvalue weighted by Gasteiger charge is -2.25. The van der Waals surface area contributed by atoms with Crippen LogP contribution in [0.1, 0.15) is 37.4 Å². The number of aliphatic carboxylic acids is 1. The molecule has 0 radical (unpaired) electrons. The third-order valence-electron chi connectivity index (χ3n) is 5.88. The maximum absolute atomic E-state index is 13.4. The highest BCUT2D eigenvalue weighted by Gasteiger charge is 2.31. The van der Waals surface area contributed by atoms with E-state index in [1.807, 2.05) is 13.8 Å². The fraction of sp³-hybridized carbons (Fsp3) is 0.458. The van der Waals surface area contributed by atoms with Crippen molar-refractivity contribution >= 4 is 23.7 Å². The van der Waals surface area contributed by atoms with Crippen molar-refractivity contribution < 1.29 is 24.3 Å². The van der Waals surface area contributed by atoms with Crippen molar-refractivity contribution in [2.75, 3.05) is 0 Å². The van der Waals surface area contributed by atoms with E-state index in [-0.39, 0.29) is 25.2 Å². The number of aromatic nitrogens is 6. The minimum Gasteiger partial charge on any atom is -0.480 e. The van der Waals surface area contributed by atoms with E-state index in [2.05, 4.69) is 45.9 Å². The van der Waals surface area contributed by atoms with Crippen LogP contribution in [-0.2, 0) is 38.4 Å². The number of carboxylic acids is 1. The summed E-state index contributed by atoms with van der Waals surface area (Å²) in [6.45, 7) is 3.86. The summed E-state index contributed by atoms with van der Waals surface area (Å²) in [6, 6.07) is -4.39. The molecule has 0 aliphatic heterocycles. The third-order valence-corrected chi connectivity index (χ3v) is 5.88. The summed E-state index contributed by atoms with van der Waals surface area (Å²) >= 11 is 0. The second-order valence-electron chi connectivity index (χ2n) is 9.60. The van der Waals surface area contributed by atoms with E-state index in [0.717, 1.165) is 0 Å². The second kappa shape index (κ2) is 13.9. The number of imidazole rings is 3. The number of aromatic amines is 3. The highest BCUT2D eigenvalue weighted by Crippen LogP contribution is 2.07. The average Bonchev–Trinajstić information content (AvgIpc) is 3.66. The Kier molecular flexibility index (Phi) is 10.3. The van der Waals surface area contributed by atoms with Crippen molar-refractivity contribution in [3.63, 3.8) is 0 Å². The van der Waals surface area contributed by atoms with Crippen molar-refractivity contribution in [3.8, 4) is 0 Å². The van der Waals surface area contributed by atoms with Gasteiger partial charge in [-0.3, -0.25) is 14.4 Å². The summed E-state index contributed by atoms with van der Waals surface area (Å²) in [6.07, 6.45) is 9.14. The fourth-order valence-corrected chi connectivity index (χ4v) is 3.91. The summed E-state index contributed by atoms with van der Waals surface area (Å²) in [7, 11) is 0. The van der Waals surface area contributed by atoms with Crippen LogP contribution in [0.4, 0.5) is 0 Å². The van der Waals surface area contributed by atoms with E-state index in [9.17, 15) is 24.3 Å². The normalized spacial score (nSPS) is 14.3. The Labute approximate surface area is 224 Å². The molecule has 0 saturated heterocycles. The van der Waals surface area contributed by atoms with Gasteiger partial charge in [-0.25, -0.2) is 19.7 Å². The molecule has 15 heteroatoms. The first-order valence-electron chi connectivity index (χ1n) is 12.4. The zero-order chi connectivity index (χ0) is 28.4. The van der Waals surface area contributed by atoms with Gasteiger partial charge in [0.1, 0.15) is 18.1 Å². The van der Waals surface area contributed by atoms with Gasteiger partial charge in [-0.2, -0.15) is 0 Å². The molecule has 0 aromatic carbocycles. The number of nitrogens with zero attached hydrogens (tertiary/aromatic N) is 3. The molecule has 4 unspecified atom stereocenters. The standard InChI is InChI=1S/C24H34N10O5/c1-13(2)3-17(25)21(35)32-18(4-14-7-26-10-29-14)22(36)33-19(5-15-8-27-11-30-15)23(37)34-20(24(38)39)6-16-9-28-12-31-16/h7-13,17-20H,3-6,25H2,1-2H3,(H,26,29)(H,27,30)(H,28,31)(H,32,35)(H,33,36)(H,34,37)(H,38,39). The van der Waals surface area contributed by atoms with Gasteiger partial charge in [-0.15, -0.1) is 0 Å². The summed E-state index contributed by atoms with van der Waals surface area (Å²) in [5.41, 5.74) is 7.64. The van der Waals surface area contributed by atoms with Crippen LogP contribution in [0.5, 0.6) is 0 Å². The Balaban J connectivity index is 1.78. The van der Waals surface area contributed by atoms with E-state index >= 15 is 0 Å². The first-order valence-corrected chi connectivity index (χ1v) is 12.4. The molecular formula is C24H34N10O5. The van der Waals surface area contributed by atoms with Crippen LogP contribution in [0, 0.1) is 5.92 Å². The second-order valence-corrected chi connectivity index (χ2v) is 9.60. The van der Waals surface area contributed by atoms with Crippen LogP contribution >= 0.6 is 0 Å². The van der Waals surface area contributed by atoms with Gasteiger partial charge in [0, 0.05) is 54.9 Å². The molecule has 3 aromatic rings. The molecule has 0 fully saturated rings. The zero-order valence-corrected chi connectivity index (χ0v) is 21.7. The van der Waals surface area contributed by atoms with E-state index in [1.54, 1.807) is 0 Å². The Morgan fingerprint density at radius 2 is 1.13 bits per heavy atom. The molecule has 0 spiro atoms. The fourth-order valence-electron chi connectivity index (χ4n) is 3.91. The number of carbonyl (C=O) groups excluding carboxylic acids is 3. The number of nitrogens with two attached hydrogens (primary N) is 1. The Hall–Kier alpha value is -4.53. The van der Waals surface area contributed by atoms with E-state index in [0.29, 0.717) is 23.5 Å². The molecule has 0 aliphatic rings. The number of carbonyl (C=O) groups is 4. The van der Waals surface area contributed by atoms with E-state index < -0.39 is 47.9 Å². The zero-order valence-electron chi connectivity index (χ0n) is 21.7. The van der Waals surface area contributed by atoms with Crippen molar-refractivity contribution in [2.24, 2.45) is 11.7 Å².